The van der Waals surface area contributed by atoms with Crippen molar-refractivity contribution in [2.75, 3.05) is 24.6 Å². The summed E-state index contributed by atoms with van der Waals surface area (Å²) in [5.74, 6) is 0. The molecule has 0 aromatic rings. The van der Waals surface area contributed by atoms with Crippen molar-refractivity contribution < 1.29 is 0 Å². The van der Waals surface area contributed by atoms with Crippen molar-refractivity contribution in [1.82, 2.24) is 0 Å². The minimum Gasteiger partial charge on any atom is -0.0654 e. The van der Waals surface area contributed by atoms with E-state index in [2.05, 4.69) is 49.7 Å². The molecule has 0 saturated carbocycles. The Labute approximate surface area is 295 Å². The van der Waals surface area contributed by atoms with E-state index in [1.165, 1.54) is 218 Å². The molecular weight excluding hydrogens is 662 g/mol. The SMILES string of the molecule is CCCCCCCCCCCCCCCCCCP(I)(CCC)(CCC)CCCCCCCCCCCCCCCCCC. The normalized spacial score (nSPS) is 13.0. The Kier molecular flexibility index (Phi) is 34.9. The van der Waals surface area contributed by atoms with Crippen LogP contribution in [-0.2, 0) is 0 Å². The maximum atomic E-state index is 3.14. The van der Waals surface area contributed by atoms with Gasteiger partial charge in [-0.1, -0.05) is 78.1 Å². The molecule has 0 spiro atoms. The first kappa shape index (κ1) is 45.2. The van der Waals surface area contributed by atoms with Gasteiger partial charge in [0.05, 0.1) is 0 Å². The molecule has 44 heavy (non-hydrogen) atoms. The molecule has 0 radical (unpaired) electrons. The van der Waals surface area contributed by atoms with E-state index in [0.717, 1.165) is 0 Å². The van der Waals surface area contributed by atoms with Gasteiger partial charge >= 0.3 is 219 Å². The number of rotatable bonds is 38. The molecule has 0 N–H and O–H groups in total. The Morgan fingerprint density at radius 2 is 0.409 bits per heavy atom. The zero-order valence-electron chi connectivity index (χ0n) is 31.7. The van der Waals surface area contributed by atoms with Crippen molar-refractivity contribution in [1.29, 1.82) is 0 Å². The van der Waals surface area contributed by atoms with Gasteiger partial charge in [0.2, 0.25) is 0 Å². The van der Waals surface area contributed by atoms with Crippen LogP contribution >= 0.6 is 26.3 Å². The molecule has 268 valence electrons. The smallest absolute Gasteiger partial charge is 0.0654 e. The number of hydrogen-bond acceptors (Lipinski definition) is 0. The van der Waals surface area contributed by atoms with Gasteiger partial charge in [0.25, 0.3) is 0 Å². The average molecular weight is 751 g/mol. The van der Waals surface area contributed by atoms with Crippen molar-refractivity contribution in [2.45, 2.75) is 246 Å². The van der Waals surface area contributed by atoms with Crippen LogP contribution in [0.5, 0.6) is 0 Å². The van der Waals surface area contributed by atoms with E-state index in [4.69, 9.17) is 0 Å². The monoisotopic (exact) mass is 751 g/mol. The molecule has 2 heteroatoms. The van der Waals surface area contributed by atoms with E-state index in [-0.39, 0.29) is 0 Å². The maximum absolute atomic E-state index is 3.14. The molecule has 0 aliphatic carbocycles. The van der Waals surface area contributed by atoms with Crippen LogP contribution in [0.1, 0.15) is 246 Å². The third-order valence-electron chi connectivity index (χ3n) is 10.7. The van der Waals surface area contributed by atoms with Crippen molar-refractivity contribution >= 4 is 26.3 Å². The molecule has 0 saturated heterocycles. The topological polar surface area (TPSA) is 0 Å². The molecule has 0 nitrogen and oxygen atoms in total. The molecule has 0 fully saturated rings. The van der Waals surface area contributed by atoms with E-state index in [1.807, 2.05) is 0 Å². The first-order valence-electron chi connectivity index (χ1n) is 21.3. The first-order valence-corrected chi connectivity index (χ1v) is 27.0. The Balaban J connectivity index is 3.87. The van der Waals surface area contributed by atoms with Gasteiger partial charge in [-0.05, 0) is 0 Å². The Bertz CT molecular complexity index is 500. The molecule has 0 aromatic carbocycles. The Morgan fingerprint density at radius 1 is 0.227 bits per heavy atom. The van der Waals surface area contributed by atoms with Crippen molar-refractivity contribution in [3.8, 4) is 0 Å². The standard InChI is InChI=1S/C42H88IP/c1-5-9-11-13-15-17-19-21-23-25-27-29-31-33-35-37-41-44(43,39-7-3,40-8-4)42-38-36-34-32-30-28-26-24-22-20-18-16-14-12-10-6-2/h5-42H2,1-4H3. The van der Waals surface area contributed by atoms with Crippen LogP contribution < -0.4 is 0 Å². The summed E-state index contributed by atoms with van der Waals surface area (Å²) in [4.78, 5) is 0. The summed E-state index contributed by atoms with van der Waals surface area (Å²) in [6, 6.07) is 0. The van der Waals surface area contributed by atoms with Crippen LogP contribution in [0, 0.1) is 0 Å². The second-order valence-corrected chi connectivity index (χ2v) is 28.9. The molecule has 0 aliphatic rings. The summed E-state index contributed by atoms with van der Waals surface area (Å²) >= 11 is 3.14. The van der Waals surface area contributed by atoms with Crippen LogP contribution in [-0.4, -0.2) is 24.6 Å². The van der Waals surface area contributed by atoms with Gasteiger partial charge in [0.1, 0.15) is 0 Å². The summed E-state index contributed by atoms with van der Waals surface area (Å²) in [6.07, 6.45) is 56.6. The summed E-state index contributed by atoms with van der Waals surface area (Å²) in [7, 11) is 0. The second kappa shape index (κ2) is 34.0. The van der Waals surface area contributed by atoms with E-state index >= 15 is 0 Å². The van der Waals surface area contributed by atoms with Gasteiger partial charge < -0.3 is 0 Å². The number of halogens is 1. The minimum atomic E-state index is -1.53. The van der Waals surface area contributed by atoms with Gasteiger partial charge in [0.15, 0.2) is 0 Å². The van der Waals surface area contributed by atoms with Gasteiger partial charge in [0, 0.05) is 0 Å². The molecule has 0 rings (SSSR count). The fourth-order valence-electron chi connectivity index (χ4n) is 7.90. The molecule has 0 unspecified atom stereocenters. The molecule has 0 amide bonds. The molecule has 0 heterocycles. The van der Waals surface area contributed by atoms with Gasteiger partial charge in [-0.15, -0.1) is 0 Å². The summed E-state index contributed by atoms with van der Waals surface area (Å²) < 4.78 is -1.53. The first-order chi connectivity index (χ1) is 21.5. The van der Waals surface area contributed by atoms with Crippen LogP contribution in [0.2, 0.25) is 0 Å². The van der Waals surface area contributed by atoms with Crippen molar-refractivity contribution in [2.24, 2.45) is 0 Å². The minimum absolute atomic E-state index is 1.37. The van der Waals surface area contributed by atoms with Crippen LogP contribution in [0.4, 0.5) is 0 Å². The molecule has 0 aliphatic heterocycles. The van der Waals surface area contributed by atoms with Gasteiger partial charge in [-0.3, -0.25) is 0 Å². The predicted octanol–water partition coefficient (Wildman–Crippen LogP) is 17.2. The summed E-state index contributed by atoms with van der Waals surface area (Å²) in [6.45, 7) is 9.57. The Hall–Kier alpha value is 1.16. The van der Waals surface area contributed by atoms with Gasteiger partial charge in [-0.2, -0.15) is 0 Å². The van der Waals surface area contributed by atoms with Crippen molar-refractivity contribution in [3.05, 3.63) is 0 Å². The third-order valence-corrected chi connectivity index (χ3v) is 22.5. The third kappa shape index (κ3) is 29.3. The number of unbranched alkanes of at least 4 members (excludes halogenated alkanes) is 30. The van der Waals surface area contributed by atoms with Crippen LogP contribution in [0.15, 0.2) is 0 Å². The molecule has 0 aromatic heterocycles. The van der Waals surface area contributed by atoms with Crippen molar-refractivity contribution in [3.63, 3.8) is 0 Å². The Morgan fingerprint density at radius 3 is 0.591 bits per heavy atom. The average Bonchev–Trinajstić information content (AvgIpc) is 3.01. The molecule has 0 bridgehead atoms. The van der Waals surface area contributed by atoms with E-state index < -0.39 is 4.25 Å². The molecule has 0 atom stereocenters. The van der Waals surface area contributed by atoms with E-state index in [0.29, 0.717) is 0 Å². The van der Waals surface area contributed by atoms with Gasteiger partial charge in [-0.25, -0.2) is 0 Å². The summed E-state index contributed by atoms with van der Waals surface area (Å²) in [5.41, 5.74) is 0. The van der Waals surface area contributed by atoms with Crippen LogP contribution in [0.25, 0.3) is 0 Å². The summed E-state index contributed by atoms with van der Waals surface area (Å²) in [5, 5.41) is 0. The number of hydrogen-bond donors (Lipinski definition) is 0. The fourth-order valence-corrected chi connectivity index (χ4v) is 18.4. The van der Waals surface area contributed by atoms with E-state index in [1.54, 1.807) is 24.6 Å². The zero-order valence-corrected chi connectivity index (χ0v) is 34.7. The quantitative estimate of drug-likeness (QED) is 0.0335. The molecular formula is C42H88IP. The fraction of sp³-hybridized carbons (Fsp3) is 1.00. The second-order valence-electron chi connectivity index (χ2n) is 15.3. The predicted molar refractivity (Wildman–Crippen MR) is 220 cm³/mol. The zero-order chi connectivity index (χ0) is 32.3. The van der Waals surface area contributed by atoms with E-state index in [9.17, 15) is 0 Å². The van der Waals surface area contributed by atoms with Crippen LogP contribution in [0.3, 0.4) is 0 Å².